The predicted octanol–water partition coefficient (Wildman–Crippen LogP) is 4.50. The summed E-state index contributed by atoms with van der Waals surface area (Å²) < 4.78 is 5.51. The first-order valence-electron chi connectivity index (χ1n) is 7.76. The molecule has 0 bridgehead atoms. The van der Waals surface area contributed by atoms with Crippen LogP contribution in [0.15, 0.2) is 60.7 Å². The summed E-state index contributed by atoms with van der Waals surface area (Å²) in [5.41, 5.74) is 2.01. The number of fused-ring (bicyclic) bond motifs is 1. The number of aryl methyl sites for hydroxylation is 1. The van der Waals surface area contributed by atoms with Crippen LogP contribution >= 0.6 is 11.6 Å². The number of hydrogen-bond acceptors (Lipinski definition) is 2. The first kappa shape index (κ1) is 16.3. The highest BCUT2D eigenvalue weighted by Crippen LogP contribution is 2.21. The average Bonchev–Trinajstić information content (AvgIpc) is 2.61. The van der Waals surface area contributed by atoms with Crippen LogP contribution in [0.3, 0.4) is 0 Å². The first-order chi connectivity index (χ1) is 11.6. The summed E-state index contributed by atoms with van der Waals surface area (Å²) in [7, 11) is 0. The molecule has 0 aliphatic carbocycles. The fraction of sp³-hybridized carbons (Fsp3) is 0.150. The molecule has 1 N–H and O–H groups in total. The molecule has 0 saturated heterocycles. The third-order valence-electron chi connectivity index (χ3n) is 3.86. The fourth-order valence-electron chi connectivity index (χ4n) is 2.55. The van der Waals surface area contributed by atoms with Gasteiger partial charge in [-0.3, -0.25) is 4.79 Å². The lowest BCUT2D eigenvalue weighted by Crippen LogP contribution is -2.28. The van der Waals surface area contributed by atoms with Crippen molar-refractivity contribution in [2.45, 2.75) is 13.5 Å². The number of benzene rings is 3. The second-order valence-corrected chi connectivity index (χ2v) is 6.02. The highest BCUT2D eigenvalue weighted by molar-refractivity contribution is 6.31. The number of halogens is 1. The quantitative estimate of drug-likeness (QED) is 0.743. The molecule has 0 atom stereocenters. The van der Waals surface area contributed by atoms with Crippen LogP contribution in [-0.4, -0.2) is 12.5 Å². The van der Waals surface area contributed by atoms with Crippen molar-refractivity contribution in [2.24, 2.45) is 0 Å². The molecule has 0 spiro atoms. The van der Waals surface area contributed by atoms with Crippen LogP contribution in [0.4, 0.5) is 0 Å². The topological polar surface area (TPSA) is 38.3 Å². The monoisotopic (exact) mass is 339 g/mol. The Kier molecular flexibility index (Phi) is 5.02. The molecular weight excluding hydrogens is 322 g/mol. The van der Waals surface area contributed by atoms with Gasteiger partial charge in [-0.15, -0.1) is 0 Å². The molecule has 0 aliphatic heterocycles. The van der Waals surface area contributed by atoms with Gasteiger partial charge < -0.3 is 10.1 Å². The number of carbonyl (C=O) groups excluding carboxylic acids is 1. The minimum Gasteiger partial charge on any atom is -0.484 e. The normalized spacial score (nSPS) is 10.6. The van der Waals surface area contributed by atoms with Gasteiger partial charge in [-0.1, -0.05) is 54.1 Å². The molecular formula is C20H18ClNO2. The maximum atomic E-state index is 12.0. The smallest absolute Gasteiger partial charge is 0.258 e. The molecule has 3 aromatic carbocycles. The molecule has 3 nitrogen and oxygen atoms in total. The van der Waals surface area contributed by atoms with Crippen LogP contribution in [-0.2, 0) is 11.3 Å². The van der Waals surface area contributed by atoms with Gasteiger partial charge in [0, 0.05) is 11.6 Å². The lowest BCUT2D eigenvalue weighted by Gasteiger charge is -2.10. The number of hydrogen-bond donors (Lipinski definition) is 1. The second kappa shape index (κ2) is 7.37. The molecule has 3 rings (SSSR count). The first-order valence-corrected chi connectivity index (χ1v) is 8.13. The van der Waals surface area contributed by atoms with Crippen molar-refractivity contribution < 1.29 is 9.53 Å². The van der Waals surface area contributed by atoms with E-state index in [1.165, 1.54) is 0 Å². The van der Waals surface area contributed by atoms with Crippen molar-refractivity contribution in [2.75, 3.05) is 6.61 Å². The zero-order valence-corrected chi connectivity index (χ0v) is 14.1. The zero-order chi connectivity index (χ0) is 16.9. The molecule has 0 aromatic heterocycles. The van der Waals surface area contributed by atoms with Crippen molar-refractivity contribution in [1.29, 1.82) is 0 Å². The van der Waals surface area contributed by atoms with Gasteiger partial charge in [0.05, 0.1) is 0 Å². The van der Waals surface area contributed by atoms with E-state index in [9.17, 15) is 4.79 Å². The van der Waals surface area contributed by atoms with Gasteiger partial charge in [0.25, 0.3) is 5.91 Å². The lowest BCUT2D eigenvalue weighted by atomic mass is 10.0. The van der Waals surface area contributed by atoms with Gasteiger partial charge in [0.1, 0.15) is 5.75 Å². The summed E-state index contributed by atoms with van der Waals surface area (Å²) in [4.78, 5) is 12.0. The molecule has 122 valence electrons. The maximum Gasteiger partial charge on any atom is 0.258 e. The van der Waals surface area contributed by atoms with Gasteiger partial charge in [-0.25, -0.2) is 0 Å². The van der Waals surface area contributed by atoms with Crippen LogP contribution in [0.5, 0.6) is 5.75 Å². The average molecular weight is 340 g/mol. The van der Waals surface area contributed by atoms with Gasteiger partial charge >= 0.3 is 0 Å². The molecule has 4 heteroatoms. The Morgan fingerprint density at radius 3 is 2.71 bits per heavy atom. The van der Waals surface area contributed by atoms with Crippen molar-refractivity contribution >= 4 is 28.3 Å². The molecule has 0 aliphatic rings. The van der Waals surface area contributed by atoms with Crippen LogP contribution in [0, 0.1) is 6.92 Å². The van der Waals surface area contributed by atoms with Crippen LogP contribution in [0.25, 0.3) is 10.8 Å². The largest absolute Gasteiger partial charge is 0.484 e. The third-order valence-corrected chi connectivity index (χ3v) is 4.28. The Labute approximate surface area is 146 Å². The van der Waals surface area contributed by atoms with E-state index in [0.29, 0.717) is 17.3 Å². The standard InChI is InChI=1S/C20H18ClNO2/c1-14-11-17(9-10-19(14)21)24-13-20(23)22-12-16-7-4-6-15-5-2-3-8-18(15)16/h2-11H,12-13H2,1H3,(H,22,23). The van der Waals surface area contributed by atoms with Crippen molar-refractivity contribution in [3.63, 3.8) is 0 Å². The van der Waals surface area contributed by atoms with E-state index in [1.807, 2.05) is 37.3 Å². The SMILES string of the molecule is Cc1cc(OCC(=O)NCc2cccc3ccccc23)ccc1Cl. The number of nitrogens with one attached hydrogen (secondary N) is 1. The summed E-state index contributed by atoms with van der Waals surface area (Å²) in [6.07, 6.45) is 0. The highest BCUT2D eigenvalue weighted by Gasteiger charge is 2.06. The molecule has 0 fully saturated rings. The Morgan fingerprint density at radius 2 is 1.88 bits per heavy atom. The molecule has 0 saturated carbocycles. The summed E-state index contributed by atoms with van der Waals surface area (Å²) in [5.74, 6) is 0.479. The number of carbonyl (C=O) groups is 1. The van der Waals surface area contributed by atoms with E-state index in [1.54, 1.807) is 12.1 Å². The van der Waals surface area contributed by atoms with E-state index in [-0.39, 0.29) is 12.5 Å². The fourth-order valence-corrected chi connectivity index (χ4v) is 2.66. The maximum absolute atomic E-state index is 12.0. The van der Waals surface area contributed by atoms with E-state index in [0.717, 1.165) is 21.9 Å². The van der Waals surface area contributed by atoms with Crippen molar-refractivity contribution in [3.05, 3.63) is 76.8 Å². The van der Waals surface area contributed by atoms with E-state index < -0.39 is 0 Å². The number of ether oxygens (including phenoxy) is 1. The van der Waals surface area contributed by atoms with Gasteiger partial charge in [-0.2, -0.15) is 0 Å². The van der Waals surface area contributed by atoms with Gasteiger partial charge in [0.15, 0.2) is 6.61 Å². The Balaban J connectivity index is 1.58. The second-order valence-electron chi connectivity index (χ2n) is 5.61. The van der Waals surface area contributed by atoms with E-state index >= 15 is 0 Å². The molecule has 1 amide bonds. The minimum atomic E-state index is -0.157. The summed E-state index contributed by atoms with van der Waals surface area (Å²) in [6, 6.07) is 19.5. The van der Waals surface area contributed by atoms with E-state index in [2.05, 4.69) is 23.5 Å². The molecule has 24 heavy (non-hydrogen) atoms. The molecule has 3 aromatic rings. The van der Waals surface area contributed by atoms with E-state index in [4.69, 9.17) is 16.3 Å². The van der Waals surface area contributed by atoms with Crippen molar-refractivity contribution in [3.8, 4) is 5.75 Å². The third kappa shape index (κ3) is 3.87. The lowest BCUT2D eigenvalue weighted by molar-refractivity contribution is -0.123. The molecule has 0 heterocycles. The van der Waals surface area contributed by atoms with Crippen molar-refractivity contribution in [1.82, 2.24) is 5.32 Å². The van der Waals surface area contributed by atoms with Crippen LogP contribution < -0.4 is 10.1 Å². The van der Waals surface area contributed by atoms with Gasteiger partial charge in [-0.05, 0) is 47.0 Å². The number of amides is 1. The zero-order valence-electron chi connectivity index (χ0n) is 13.4. The predicted molar refractivity (Wildman–Crippen MR) is 97.5 cm³/mol. The highest BCUT2D eigenvalue weighted by atomic mass is 35.5. The summed E-state index contributed by atoms with van der Waals surface area (Å²) in [6.45, 7) is 2.35. The summed E-state index contributed by atoms with van der Waals surface area (Å²) >= 11 is 5.97. The number of rotatable bonds is 5. The molecule has 0 radical (unpaired) electrons. The molecule has 0 unspecified atom stereocenters. The Hall–Kier alpha value is -2.52. The summed E-state index contributed by atoms with van der Waals surface area (Å²) in [5, 5.41) is 5.89. The van der Waals surface area contributed by atoms with Crippen LogP contribution in [0.2, 0.25) is 5.02 Å². The Bertz CT molecular complexity index is 871. The van der Waals surface area contributed by atoms with Gasteiger partial charge in [0.2, 0.25) is 0 Å². The van der Waals surface area contributed by atoms with Crippen LogP contribution in [0.1, 0.15) is 11.1 Å². The minimum absolute atomic E-state index is 0.0220. The Morgan fingerprint density at radius 1 is 1.08 bits per heavy atom.